The summed E-state index contributed by atoms with van der Waals surface area (Å²) < 4.78 is 6.24. The Bertz CT molecular complexity index is 855. The zero-order valence-electron chi connectivity index (χ0n) is 15.7. The van der Waals surface area contributed by atoms with Gasteiger partial charge in [0, 0.05) is 21.6 Å². The fourth-order valence-electron chi connectivity index (χ4n) is 3.53. The van der Waals surface area contributed by atoms with Gasteiger partial charge in [-0.2, -0.15) is 0 Å². The molecule has 0 amide bonds. The lowest BCUT2D eigenvalue weighted by Gasteiger charge is -2.41. The van der Waals surface area contributed by atoms with Gasteiger partial charge in [-0.3, -0.25) is 4.79 Å². The molecule has 0 bridgehead atoms. The molecule has 0 unspecified atom stereocenters. The van der Waals surface area contributed by atoms with Crippen LogP contribution in [0.4, 0.5) is 0 Å². The predicted octanol–water partition coefficient (Wildman–Crippen LogP) is 6.37. The average Bonchev–Trinajstić information content (AvgIpc) is 2.61. The molecule has 134 valence electrons. The number of aryl methyl sites for hydroxylation is 3. The number of benzene rings is 3. The Balaban J connectivity index is 2.44. The Kier molecular flexibility index (Phi) is 5.19. The van der Waals surface area contributed by atoms with Gasteiger partial charge in [-0.05, 0) is 66.5 Å². The van der Waals surface area contributed by atoms with Gasteiger partial charge < -0.3 is 4.18 Å². The first-order valence-electron chi connectivity index (χ1n) is 8.66. The van der Waals surface area contributed by atoms with Crippen molar-refractivity contribution in [2.24, 2.45) is 0 Å². The molecule has 0 aromatic heterocycles. The van der Waals surface area contributed by atoms with Gasteiger partial charge in [0.05, 0.1) is 0 Å². The van der Waals surface area contributed by atoms with Gasteiger partial charge in [-0.1, -0.05) is 54.1 Å². The lowest BCUT2D eigenvalue weighted by molar-refractivity contribution is -0.131. The monoisotopic (exact) mass is 364 g/mol. The number of carbonyl (C=O) groups is 1. The van der Waals surface area contributed by atoms with Crippen LogP contribution in [-0.2, 0) is 8.98 Å². The van der Waals surface area contributed by atoms with E-state index >= 15 is 0 Å². The Morgan fingerprint density at radius 1 is 0.769 bits per heavy atom. The largest absolute Gasteiger partial charge is 0.402 e. The topological polar surface area (TPSA) is 26.3 Å². The van der Waals surface area contributed by atoms with Crippen molar-refractivity contribution in [3.63, 3.8) is 0 Å². The molecule has 2 nitrogen and oxygen atoms in total. The SMILES string of the molecule is CC(=O)OS(c1ccccc1)(c1ccccc1)c1c(C)cc(C)cc1C. The van der Waals surface area contributed by atoms with Crippen LogP contribution in [0.25, 0.3) is 0 Å². The Hall–Kier alpha value is -2.52. The second-order valence-corrected chi connectivity index (χ2v) is 9.12. The second-order valence-electron chi connectivity index (χ2n) is 6.49. The van der Waals surface area contributed by atoms with Crippen LogP contribution in [0.1, 0.15) is 23.6 Å². The van der Waals surface area contributed by atoms with Gasteiger partial charge in [-0.25, -0.2) is 0 Å². The molecule has 0 atom stereocenters. The first kappa shape index (κ1) is 18.3. The molecule has 26 heavy (non-hydrogen) atoms. The molecule has 0 aliphatic rings. The highest BCUT2D eigenvalue weighted by Gasteiger charge is 2.37. The summed E-state index contributed by atoms with van der Waals surface area (Å²) in [5.74, 6) is -0.271. The van der Waals surface area contributed by atoms with E-state index in [4.69, 9.17) is 4.18 Å². The van der Waals surface area contributed by atoms with Crippen molar-refractivity contribution < 1.29 is 8.98 Å². The van der Waals surface area contributed by atoms with Crippen LogP contribution < -0.4 is 0 Å². The third-order valence-electron chi connectivity index (χ3n) is 4.28. The fraction of sp³-hybridized carbons (Fsp3) is 0.174. The van der Waals surface area contributed by atoms with Crippen molar-refractivity contribution in [3.8, 4) is 0 Å². The molecule has 3 heteroatoms. The Labute approximate surface area is 157 Å². The number of hydrogen-bond acceptors (Lipinski definition) is 2. The lowest BCUT2D eigenvalue weighted by Crippen LogP contribution is -2.13. The second kappa shape index (κ2) is 7.38. The van der Waals surface area contributed by atoms with Gasteiger partial charge in [0.2, 0.25) is 0 Å². The van der Waals surface area contributed by atoms with Crippen LogP contribution in [0.5, 0.6) is 0 Å². The van der Waals surface area contributed by atoms with Crippen molar-refractivity contribution in [1.82, 2.24) is 0 Å². The molecular formula is C23H24O2S. The van der Waals surface area contributed by atoms with Crippen molar-refractivity contribution in [2.45, 2.75) is 42.4 Å². The van der Waals surface area contributed by atoms with Crippen molar-refractivity contribution >= 4 is 16.3 Å². The molecular weight excluding hydrogens is 340 g/mol. The summed E-state index contributed by atoms with van der Waals surface area (Å²) >= 11 is 0. The van der Waals surface area contributed by atoms with Crippen LogP contribution in [0.3, 0.4) is 0 Å². The predicted molar refractivity (Wildman–Crippen MR) is 108 cm³/mol. The molecule has 0 heterocycles. The average molecular weight is 365 g/mol. The minimum Gasteiger partial charge on any atom is -0.402 e. The van der Waals surface area contributed by atoms with E-state index in [9.17, 15) is 4.79 Å². The summed E-state index contributed by atoms with van der Waals surface area (Å²) in [5.41, 5.74) is 3.50. The fourth-order valence-corrected chi connectivity index (χ4v) is 7.01. The van der Waals surface area contributed by atoms with Crippen LogP contribution in [-0.4, -0.2) is 5.97 Å². The molecule has 0 radical (unpaired) electrons. The van der Waals surface area contributed by atoms with Gasteiger partial charge in [-0.15, -0.1) is 0 Å². The summed E-state index contributed by atoms with van der Waals surface area (Å²) in [6.45, 7) is 7.79. The highest BCUT2D eigenvalue weighted by atomic mass is 32.3. The van der Waals surface area contributed by atoms with Gasteiger partial charge >= 0.3 is 5.97 Å². The van der Waals surface area contributed by atoms with E-state index in [-0.39, 0.29) is 5.97 Å². The molecule has 0 saturated heterocycles. The highest BCUT2D eigenvalue weighted by Crippen LogP contribution is 2.70. The summed E-state index contributed by atoms with van der Waals surface area (Å²) in [6.07, 6.45) is 0. The molecule has 0 aliphatic heterocycles. The van der Waals surface area contributed by atoms with Crippen molar-refractivity contribution in [3.05, 3.63) is 89.5 Å². The molecule has 3 rings (SSSR count). The maximum absolute atomic E-state index is 12.3. The summed E-state index contributed by atoms with van der Waals surface area (Å²) in [6, 6.07) is 24.6. The highest BCUT2D eigenvalue weighted by molar-refractivity contribution is 8.30. The van der Waals surface area contributed by atoms with E-state index in [0.717, 1.165) is 25.8 Å². The molecule has 0 aliphatic carbocycles. The molecule has 0 fully saturated rings. The van der Waals surface area contributed by atoms with Crippen LogP contribution in [0.15, 0.2) is 87.5 Å². The van der Waals surface area contributed by atoms with Crippen LogP contribution in [0, 0.1) is 20.8 Å². The molecule has 3 aromatic rings. The van der Waals surface area contributed by atoms with E-state index in [0.29, 0.717) is 0 Å². The third kappa shape index (κ3) is 3.27. The first-order chi connectivity index (χ1) is 12.4. The van der Waals surface area contributed by atoms with Crippen LogP contribution >= 0.6 is 10.3 Å². The van der Waals surface area contributed by atoms with Gasteiger partial charge in [0.25, 0.3) is 0 Å². The molecule has 0 saturated carbocycles. The summed E-state index contributed by atoms with van der Waals surface area (Å²) in [5, 5.41) is 0. The van der Waals surface area contributed by atoms with Crippen molar-refractivity contribution in [2.75, 3.05) is 0 Å². The molecule has 3 aromatic carbocycles. The minimum absolute atomic E-state index is 0.271. The normalized spacial score (nSPS) is 11.8. The summed E-state index contributed by atoms with van der Waals surface area (Å²) in [7, 11) is -2.16. The van der Waals surface area contributed by atoms with E-state index in [1.165, 1.54) is 12.5 Å². The maximum Gasteiger partial charge on any atom is 0.313 e. The van der Waals surface area contributed by atoms with Crippen molar-refractivity contribution in [1.29, 1.82) is 0 Å². The standard InChI is InChI=1S/C23H24O2S/c1-17-15-18(2)23(19(3)16-17)26(25-20(4)24,21-11-7-5-8-12-21)22-13-9-6-10-14-22/h5-16H,1-4H3. The Morgan fingerprint density at radius 2 is 1.19 bits per heavy atom. The third-order valence-corrected chi connectivity index (χ3v) is 7.86. The smallest absolute Gasteiger partial charge is 0.313 e. The van der Waals surface area contributed by atoms with Crippen LogP contribution in [0.2, 0.25) is 0 Å². The lowest BCUT2D eigenvalue weighted by atomic mass is 10.1. The molecule has 0 spiro atoms. The number of hydrogen-bond donors (Lipinski definition) is 0. The maximum atomic E-state index is 12.3. The van der Waals surface area contributed by atoms with E-state index < -0.39 is 10.3 Å². The van der Waals surface area contributed by atoms with Gasteiger partial charge in [0.1, 0.15) is 0 Å². The quantitative estimate of drug-likeness (QED) is 0.537. The number of rotatable bonds is 4. The minimum atomic E-state index is -2.16. The first-order valence-corrected chi connectivity index (χ1v) is 10.2. The van der Waals surface area contributed by atoms with E-state index in [2.05, 4.69) is 57.2 Å². The zero-order valence-corrected chi connectivity index (χ0v) is 16.5. The van der Waals surface area contributed by atoms with E-state index in [1.54, 1.807) is 0 Å². The summed E-state index contributed by atoms with van der Waals surface area (Å²) in [4.78, 5) is 15.4. The zero-order chi connectivity index (χ0) is 18.7. The van der Waals surface area contributed by atoms with E-state index in [1.807, 2.05) is 36.4 Å². The number of carbonyl (C=O) groups excluding carboxylic acids is 1. The Morgan fingerprint density at radius 3 is 1.58 bits per heavy atom. The molecule has 0 N–H and O–H groups in total. The van der Waals surface area contributed by atoms with Gasteiger partial charge in [0.15, 0.2) is 0 Å².